The molecule has 0 unspecified atom stereocenters. The summed E-state index contributed by atoms with van der Waals surface area (Å²) < 4.78 is 13.3. The molecule has 1 aromatic carbocycles. The van der Waals surface area contributed by atoms with Crippen LogP contribution in [0.5, 0.6) is 0 Å². The Morgan fingerprint density at radius 2 is 2.12 bits per heavy atom. The number of aliphatic imine (C=N–C) groups is 2. The molecule has 0 spiro atoms. The monoisotopic (exact) mass is 353 g/mol. The molecule has 0 radical (unpaired) electrons. The Hall–Kier alpha value is -2.66. The Morgan fingerprint density at radius 3 is 2.88 bits per heavy atom. The van der Waals surface area contributed by atoms with E-state index in [-0.39, 0.29) is 17.2 Å². The number of nitrogens with zero attached hydrogens (tertiary/aromatic N) is 3. The number of pyridine rings is 1. The minimum absolute atomic E-state index is 0.0163. The molecular formula is C19H13ClFN3O. The number of aromatic nitrogens is 1. The van der Waals surface area contributed by atoms with E-state index in [9.17, 15) is 9.18 Å². The molecule has 124 valence electrons. The van der Waals surface area contributed by atoms with E-state index in [2.05, 4.69) is 15.0 Å². The number of benzene rings is 1. The summed E-state index contributed by atoms with van der Waals surface area (Å²) in [6, 6.07) is 6.03. The number of Topliss-reactive ketones (excluding diaryl/α,β-unsaturated/α-hetero) is 1. The smallest absolute Gasteiger partial charge is 0.167 e. The van der Waals surface area contributed by atoms with Crippen LogP contribution in [0, 0.1) is 5.82 Å². The molecule has 4 nitrogen and oxygen atoms in total. The van der Waals surface area contributed by atoms with Crippen molar-refractivity contribution in [3.05, 3.63) is 70.3 Å². The van der Waals surface area contributed by atoms with Gasteiger partial charge in [-0.15, -0.1) is 0 Å². The Bertz CT molecular complexity index is 979. The lowest BCUT2D eigenvalue weighted by atomic mass is 9.96. The van der Waals surface area contributed by atoms with Crippen LogP contribution in [0.25, 0.3) is 0 Å². The van der Waals surface area contributed by atoms with Crippen LogP contribution in [0.2, 0.25) is 5.02 Å². The number of fused-ring (bicyclic) bond motifs is 1. The molecule has 0 N–H and O–H groups in total. The SMILES string of the molecule is O=C(Cc1ccc(F)c(Cl)c1)c1ccnc2c1CC(C1=NC=CC1)=N2. The maximum Gasteiger partial charge on any atom is 0.167 e. The van der Waals surface area contributed by atoms with Gasteiger partial charge in [0.15, 0.2) is 11.6 Å². The van der Waals surface area contributed by atoms with Crippen LogP contribution in [0.4, 0.5) is 10.2 Å². The van der Waals surface area contributed by atoms with E-state index in [1.54, 1.807) is 24.5 Å². The van der Waals surface area contributed by atoms with E-state index in [0.29, 0.717) is 23.4 Å². The number of halogens is 2. The lowest BCUT2D eigenvalue weighted by molar-refractivity contribution is 0.0992. The molecule has 0 atom stereocenters. The summed E-state index contributed by atoms with van der Waals surface area (Å²) in [6.07, 6.45) is 6.77. The van der Waals surface area contributed by atoms with Crippen LogP contribution < -0.4 is 0 Å². The standard InChI is InChI=1S/C19H13ClFN3O/c20-14-8-11(3-4-15(14)21)9-18(25)12-5-7-23-19-13(12)10-17(24-19)16-2-1-6-22-16/h1,3-8H,2,9-10H2. The first-order valence-electron chi connectivity index (χ1n) is 7.86. The van der Waals surface area contributed by atoms with Crippen molar-refractivity contribution >= 4 is 34.6 Å². The van der Waals surface area contributed by atoms with E-state index in [1.807, 2.05) is 6.08 Å². The molecule has 0 saturated carbocycles. The van der Waals surface area contributed by atoms with E-state index < -0.39 is 5.82 Å². The van der Waals surface area contributed by atoms with E-state index in [4.69, 9.17) is 11.6 Å². The molecule has 0 aliphatic carbocycles. The van der Waals surface area contributed by atoms with Crippen LogP contribution in [0.1, 0.15) is 27.9 Å². The van der Waals surface area contributed by atoms with Crippen LogP contribution >= 0.6 is 11.6 Å². The number of rotatable bonds is 4. The number of hydrogen-bond donors (Lipinski definition) is 0. The van der Waals surface area contributed by atoms with Gasteiger partial charge in [-0.1, -0.05) is 23.7 Å². The number of ketones is 1. The normalized spacial score (nSPS) is 15.1. The minimum atomic E-state index is -0.494. The first kappa shape index (κ1) is 15.8. The van der Waals surface area contributed by atoms with Crippen molar-refractivity contribution in [1.82, 2.24) is 4.98 Å². The average Bonchev–Trinajstić information content (AvgIpc) is 3.26. The van der Waals surface area contributed by atoms with Crippen LogP contribution in [-0.2, 0) is 12.8 Å². The third-order valence-electron chi connectivity index (χ3n) is 4.25. The van der Waals surface area contributed by atoms with Crippen LogP contribution in [-0.4, -0.2) is 22.2 Å². The molecule has 6 heteroatoms. The second-order valence-electron chi connectivity index (χ2n) is 5.91. The van der Waals surface area contributed by atoms with Crippen molar-refractivity contribution in [3.8, 4) is 0 Å². The molecule has 4 rings (SSSR count). The highest BCUT2D eigenvalue weighted by molar-refractivity contribution is 6.45. The highest BCUT2D eigenvalue weighted by atomic mass is 35.5. The number of carbonyl (C=O) groups is 1. The van der Waals surface area contributed by atoms with Gasteiger partial charge in [0.25, 0.3) is 0 Å². The highest BCUT2D eigenvalue weighted by Gasteiger charge is 2.25. The Labute approximate surface area is 148 Å². The van der Waals surface area contributed by atoms with Gasteiger partial charge in [0.1, 0.15) is 5.82 Å². The average molecular weight is 354 g/mol. The Morgan fingerprint density at radius 1 is 1.24 bits per heavy atom. The highest BCUT2D eigenvalue weighted by Crippen LogP contribution is 2.29. The molecule has 2 aliphatic rings. The first-order valence-corrected chi connectivity index (χ1v) is 8.24. The Balaban J connectivity index is 1.58. The van der Waals surface area contributed by atoms with E-state index in [0.717, 1.165) is 23.4 Å². The van der Waals surface area contributed by atoms with Crippen molar-refractivity contribution in [1.29, 1.82) is 0 Å². The number of allylic oxidation sites excluding steroid dienone is 1. The van der Waals surface area contributed by atoms with Gasteiger partial charge in [-0.25, -0.2) is 14.4 Å². The van der Waals surface area contributed by atoms with E-state index in [1.165, 1.54) is 12.1 Å². The summed E-state index contributed by atoms with van der Waals surface area (Å²) in [5.41, 5.74) is 3.87. The van der Waals surface area contributed by atoms with Gasteiger partial charge in [0, 0.05) is 42.8 Å². The second kappa shape index (κ2) is 6.33. The quantitative estimate of drug-likeness (QED) is 0.770. The van der Waals surface area contributed by atoms with Gasteiger partial charge in [-0.2, -0.15) is 0 Å². The van der Waals surface area contributed by atoms with Gasteiger partial charge in [-0.05, 0) is 23.8 Å². The van der Waals surface area contributed by atoms with Crippen molar-refractivity contribution in [2.24, 2.45) is 9.98 Å². The molecule has 25 heavy (non-hydrogen) atoms. The molecular weight excluding hydrogens is 341 g/mol. The summed E-state index contributed by atoms with van der Waals surface area (Å²) in [5.74, 6) is 0.0171. The van der Waals surface area contributed by atoms with Gasteiger partial charge >= 0.3 is 0 Å². The zero-order valence-corrected chi connectivity index (χ0v) is 13.9. The predicted octanol–water partition coefficient (Wildman–Crippen LogP) is 4.29. The maximum atomic E-state index is 13.3. The van der Waals surface area contributed by atoms with Crippen LogP contribution in [0.3, 0.4) is 0 Å². The predicted molar refractivity (Wildman–Crippen MR) is 95.7 cm³/mol. The third-order valence-corrected chi connectivity index (χ3v) is 4.54. The molecule has 2 aromatic rings. The van der Waals surface area contributed by atoms with E-state index >= 15 is 0 Å². The molecule has 2 aliphatic heterocycles. The minimum Gasteiger partial charge on any atom is -0.294 e. The van der Waals surface area contributed by atoms with Crippen molar-refractivity contribution < 1.29 is 9.18 Å². The zero-order valence-electron chi connectivity index (χ0n) is 13.2. The second-order valence-corrected chi connectivity index (χ2v) is 6.32. The largest absolute Gasteiger partial charge is 0.294 e. The summed E-state index contributed by atoms with van der Waals surface area (Å²) >= 11 is 5.80. The number of hydrogen-bond acceptors (Lipinski definition) is 4. The zero-order chi connectivity index (χ0) is 17.4. The van der Waals surface area contributed by atoms with Gasteiger partial charge in [-0.3, -0.25) is 9.79 Å². The van der Waals surface area contributed by atoms with Gasteiger partial charge in [0.2, 0.25) is 0 Å². The topological polar surface area (TPSA) is 54.7 Å². The summed E-state index contributed by atoms with van der Waals surface area (Å²) in [4.78, 5) is 25.8. The lowest BCUT2D eigenvalue weighted by Crippen LogP contribution is -2.13. The maximum absolute atomic E-state index is 13.3. The molecule has 0 amide bonds. The van der Waals surface area contributed by atoms with Gasteiger partial charge in [0.05, 0.1) is 16.4 Å². The summed E-state index contributed by atoms with van der Waals surface area (Å²) in [5, 5.41) is 0.0163. The van der Waals surface area contributed by atoms with Crippen molar-refractivity contribution in [2.45, 2.75) is 19.3 Å². The fourth-order valence-electron chi connectivity index (χ4n) is 3.00. The molecule has 0 bridgehead atoms. The molecule has 1 aromatic heterocycles. The fourth-order valence-corrected chi connectivity index (χ4v) is 3.20. The van der Waals surface area contributed by atoms with Crippen molar-refractivity contribution in [3.63, 3.8) is 0 Å². The van der Waals surface area contributed by atoms with Crippen LogP contribution in [0.15, 0.2) is 52.7 Å². The molecule has 3 heterocycles. The lowest BCUT2D eigenvalue weighted by Gasteiger charge is -2.07. The van der Waals surface area contributed by atoms with Crippen molar-refractivity contribution in [2.75, 3.05) is 0 Å². The third kappa shape index (κ3) is 3.03. The molecule has 0 saturated heterocycles. The van der Waals surface area contributed by atoms with Gasteiger partial charge < -0.3 is 0 Å². The first-order chi connectivity index (χ1) is 12.1. The summed E-state index contributed by atoms with van der Waals surface area (Å²) in [7, 11) is 0. The number of carbonyl (C=O) groups excluding carboxylic acids is 1. The summed E-state index contributed by atoms with van der Waals surface area (Å²) in [6.45, 7) is 0. The fraction of sp³-hybridized carbons (Fsp3) is 0.158. The Kier molecular flexibility index (Phi) is 4.01. The molecule has 0 fully saturated rings.